The van der Waals surface area contributed by atoms with Crippen molar-refractivity contribution in [2.24, 2.45) is 0 Å². The fourth-order valence-electron chi connectivity index (χ4n) is 2.98. The Morgan fingerprint density at radius 2 is 1.70 bits per heavy atom. The Kier molecular flexibility index (Phi) is 4.79. The zero-order chi connectivity index (χ0) is 18.5. The number of carbonyl (C=O) groups excluding carboxylic acids is 1. The molecule has 0 bridgehead atoms. The van der Waals surface area contributed by atoms with Gasteiger partial charge < -0.3 is 4.74 Å². The molecule has 4 aromatic rings. The molecule has 1 aromatic heterocycles. The van der Waals surface area contributed by atoms with Crippen molar-refractivity contribution in [1.29, 1.82) is 0 Å². The molecule has 0 saturated heterocycles. The maximum atomic E-state index is 12.0. The van der Waals surface area contributed by atoms with E-state index in [0.29, 0.717) is 5.69 Å². The van der Waals surface area contributed by atoms with Crippen molar-refractivity contribution in [2.75, 3.05) is 5.32 Å². The molecule has 1 N–H and O–H groups in total. The molecule has 0 radical (unpaired) electrons. The molecular formula is C23H18N2O2. The van der Waals surface area contributed by atoms with Gasteiger partial charge in [-0.3, -0.25) is 10.3 Å². The van der Waals surface area contributed by atoms with Gasteiger partial charge in [0, 0.05) is 23.5 Å². The molecule has 0 aliphatic carbocycles. The summed E-state index contributed by atoms with van der Waals surface area (Å²) >= 11 is 0. The fraction of sp³-hybridized carbons (Fsp3) is 0.0435. The summed E-state index contributed by atoms with van der Waals surface area (Å²) in [6, 6.07) is 25.5. The Bertz CT molecular complexity index is 1060. The van der Waals surface area contributed by atoms with Crippen molar-refractivity contribution in [1.82, 2.24) is 4.98 Å². The highest BCUT2D eigenvalue weighted by molar-refractivity contribution is 5.96. The molecule has 1 amide bonds. The van der Waals surface area contributed by atoms with Crippen LogP contribution in [0.15, 0.2) is 91.3 Å². The summed E-state index contributed by atoms with van der Waals surface area (Å²) in [5.74, 6) is 0. The number of carbonyl (C=O) groups is 1. The van der Waals surface area contributed by atoms with Gasteiger partial charge in [0.25, 0.3) is 0 Å². The predicted molar refractivity (Wildman–Crippen MR) is 107 cm³/mol. The Morgan fingerprint density at radius 1 is 0.889 bits per heavy atom. The van der Waals surface area contributed by atoms with Crippen molar-refractivity contribution < 1.29 is 9.53 Å². The number of rotatable bonds is 4. The zero-order valence-corrected chi connectivity index (χ0v) is 14.6. The van der Waals surface area contributed by atoms with Crippen LogP contribution in [0.25, 0.3) is 21.9 Å². The first kappa shape index (κ1) is 16.8. The number of hydrogen-bond donors (Lipinski definition) is 1. The fourth-order valence-corrected chi connectivity index (χ4v) is 2.98. The van der Waals surface area contributed by atoms with E-state index in [2.05, 4.69) is 16.4 Å². The monoisotopic (exact) mass is 354 g/mol. The third-order valence-corrected chi connectivity index (χ3v) is 4.34. The summed E-state index contributed by atoms with van der Waals surface area (Å²) in [5.41, 5.74) is 3.86. The highest BCUT2D eigenvalue weighted by Gasteiger charge is 2.06. The SMILES string of the molecule is O=C(Nc1ccc(-c2cccc3cnccc23)cc1)OCc1ccccc1. The quantitative estimate of drug-likeness (QED) is 0.515. The molecule has 0 aliphatic heterocycles. The number of nitrogens with one attached hydrogen (secondary N) is 1. The molecule has 0 aliphatic rings. The summed E-state index contributed by atoms with van der Waals surface area (Å²) in [5, 5.41) is 5.00. The lowest BCUT2D eigenvalue weighted by atomic mass is 9.99. The number of aromatic nitrogens is 1. The third-order valence-electron chi connectivity index (χ3n) is 4.34. The Morgan fingerprint density at radius 3 is 2.52 bits per heavy atom. The predicted octanol–water partition coefficient (Wildman–Crippen LogP) is 5.65. The van der Waals surface area contributed by atoms with Crippen LogP contribution in [0, 0.1) is 0 Å². The first-order valence-electron chi connectivity index (χ1n) is 8.70. The minimum Gasteiger partial charge on any atom is -0.444 e. The molecule has 0 fully saturated rings. The lowest BCUT2D eigenvalue weighted by Crippen LogP contribution is -2.13. The van der Waals surface area contributed by atoms with Crippen LogP contribution in [0.3, 0.4) is 0 Å². The van der Waals surface area contributed by atoms with Crippen LogP contribution in [0.2, 0.25) is 0 Å². The van der Waals surface area contributed by atoms with Crippen LogP contribution in [0.1, 0.15) is 5.56 Å². The second-order valence-electron chi connectivity index (χ2n) is 6.17. The van der Waals surface area contributed by atoms with E-state index in [1.165, 1.54) is 0 Å². The van der Waals surface area contributed by atoms with E-state index < -0.39 is 6.09 Å². The van der Waals surface area contributed by atoms with Gasteiger partial charge in [0.15, 0.2) is 0 Å². The average Bonchev–Trinajstić information content (AvgIpc) is 2.73. The van der Waals surface area contributed by atoms with Gasteiger partial charge in [-0.15, -0.1) is 0 Å². The third kappa shape index (κ3) is 3.96. The van der Waals surface area contributed by atoms with Crippen molar-refractivity contribution >= 4 is 22.6 Å². The molecular weight excluding hydrogens is 336 g/mol. The molecule has 4 rings (SSSR count). The van der Waals surface area contributed by atoms with Crippen LogP contribution >= 0.6 is 0 Å². The number of nitrogens with zero attached hydrogens (tertiary/aromatic N) is 1. The van der Waals surface area contributed by atoms with Gasteiger partial charge in [0.1, 0.15) is 6.61 Å². The molecule has 3 aromatic carbocycles. The van der Waals surface area contributed by atoms with E-state index in [1.54, 1.807) is 6.20 Å². The van der Waals surface area contributed by atoms with E-state index >= 15 is 0 Å². The molecule has 4 nitrogen and oxygen atoms in total. The highest BCUT2D eigenvalue weighted by atomic mass is 16.5. The highest BCUT2D eigenvalue weighted by Crippen LogP contribution is 2.28. The maximum Gasteiger partial charge on any atom is 0.411 e. The molecule has 132 valence electrons. The molecule has 0 saturated carbocycles. The minimum absolute atomic E-state index is 0.245. The van der Waals surface area contributed by atoms with Crippen LogP contribution < -0.4 is 5.32 Å². The Labute approximate surface area is 157 Å². The van der Waals surface area contributed by atoms with Crippen molar-refractivity contribution in [3.05, 3.63) is 96.8 Å². The number of fused-ring (bicyclic) bond motifs is 1. The second-order valence-corrected chi connectivity index (χ2v) is 6.17. The zero-order valence-electron chi connectivity index (χ0n) is 14.6. The van der Waals surface area contributed by atoms with Gasteiger partial charge in [0.2, 0.25) is 0 Å². The standard InChI is InChI=1S/C23H18N2O2/c26-23(27-16-17-5-2-1-3-6-17)25-20-11-9-18(10-12-20)21-8-4-7-19-15-24-14-13-22(19)21/h1-15H,16H2,(H,25,26). The molecule has 27 heavy (non-hydrogen) atoms. The summed E-state index contributed by atoms with van der Waals surface area (Å²) in [6.07, 6.45) is 3.19. The normalized spacial score (nSPS) is 10.5. The summed E-state index contributed by atoms with van der Waals surface area (Å²) in [4.78, 5) is 16.1. The molecule has 1 heterocycles. The van der Waals surface area contributed by atoms with E-state index in [9.17, 15) is 4.79 Å². The van der Waals surface area contributed by atoms with Crippen LogP contribution in [0.5, 0.6) is 0 Å². The smallest absolute Gasteiger partial charge is 0.411 e. The van der Waals surface area contributed by atoms with Crippen molar-refractivity contribution in [2.45, 2.75) is 6.61 Å². The largest absolute Gasteiger partial charge is 0.444 e. The molecule has 4 heteroatoms. The summed E-state index contributed by atoms with van der Waals surface area (Å²) in [7, 11) is 0. The average molecular weight is 354 g/mol. The summed E-state index contributed by atoms with van der Waals surface area (Å²) in [6.45, 7) is 0.245. The van der Waals surface area contributed by atoms with Gasteiger partial charge in [-0.25, -0.2) is 4.79 Å². The lowest BCUT2D eigenvalue weighted by molar-refractivity contribution is 0.155. The lowest BCUT2D eigenvalue weighted by Gasteiger charge is -2.09. The van der Waals surface area contributed by atoms with Crippen molar-refractivity contribution in [3.63, 3.8) is 0 Å². The first-order chi connectivity index (χ1) is 13.3. The minimum atomic E-state index is -0.470. The van der Waals surface area contributed by atoms with Gasteiger partial charge >= 0.3 is 6.09 Å². The van der Waals surface area contributed by atoms with Gasteiger partial charge in [-0.2, -0.15) is 0 Å². The molecule has 0 unspecified atom stereocenters. The van der Waals surface area contributed by atoms with Crippen LogP contribution in [-0.4, -0.2) is 11.1 Å². The van der Waals surface area contributed by atoms with Gasteiger partial charge in [-0.1, -0.05) is 60.7 Å². The number of anilines is 1. The van der Waals surface area contributed by atoms with E-state index in [1.807, 2.05) is 79.0 Å². The Balaban J connectivity index is 1.45. The number of hydrogen-bond acceptors (Lipinski definition) is 3. The van der Waals surface area contributed by atoms with Crippen molar-refractivity contribution in [3.8, 4) is 11.1 Å². The number of amides is 1. The van der Waals surface area contributed by atoms with Crippen LogP contribution in [-0.2, 0) is 11.3 Å². The molecule has 0 atom stereocenters. The number of pyridine rings is 1. The second kappa shape index (κ2) is 7.70. The topological polar surface area (TPSA) is 51.2 Å². The van der Waals surface area contributed by atoms with E-state index in [4.69, 9.17) is 4.74 Å². The van der Waals surface area contributed by atoms with Gasteiger partial charge in [-0.05, 0) is 40.3 Å². The number of ether oxygens (including phenoxy) is 1. The molecule has 0 spiro atoms. The summed E-state index contributed by atoms with van der Waals surface area (Å²) < 4.78 is 5.25. The van der Waals surface area contributed by atoms with E-state index in [0.717, 1.165) is 27.5 Å². The van der Waals surface area contributed by atoms with Crippen LogP contribution in [0.4, 0.5) is 10.5 Å². The maximum absolute atomic E-state index is 12.0. The first-order valence-corrected chi connectivity index (χ1v) is 8.70. The van der Waals surface area contributed by atoms with Gasteiger partial charge in [0.05, 0.1) is 0 Å². The Hall–Kier alpha value is -3.66. The number of benzene rings is 3. The van der Waals surface area contributed by atoms with E-state index in [-0.39, 0.29) is 6.61 Å².